The minimum atomic E-state index is -1.24. The maximum atomic E-state index is 13.3. The number of rotatable bonds is 5. The number of aromatic amines is 1. The van der Waals surface area contributed by atoms with Crippen molar-refractivity contribution >= 4 is 39.7 Å². The average Bonchev–Trinajstić information content (AvgIpc) is 3.05. The number of methoxy groups -OCH3 is 1. The van der Waals surface area contributed by atoms with Crippen LogP contribution >= 0.6 is 11.8 Å². The molecule has 2 aromatic carbocycles. The number of hydrogen-bond donors (Lipinski definition) is 1. The largest absolute Gasteiger partial charge is 0.549 e. The molecule has 0 saturated carbocycles. The van der Waals surface area contributed by atoms with Gasteiger partial charge in [-0.1, -0.05) is 42.1 Å². The quantitative estimate of drug-likeness (QED) is 0.418. The Bertz CT molecular complexity index is 1230. The number of carboxylic acid groups (broad SMARTS) is 1. The molecule has 2 aromatic heterocycles. The zero-order chi connectivity index (χ0) is 19.0. The number of carbonyl (C=O) groups is 1. The van der Waals surface area contributed by atoms with Crippen LogP contribution in [0.2, 0.25) is 0 Å². The molecule has 2 heterocycles. The first kappa shape index (κ1) is 17.2. The lowest BCUT2D eigenvalue weighted by atomic mass is 10.2. The molecule has 0 aliphatic heterocycles. The fourth-order valence-electron chi connectivity index (χ4n) is 2.99. The van der Waals surface area contributed by atoms with E-state index in [0.29, 0.717) is 22.5 Å². The normalized spacial score (nSPS) is 11.1. The molecule has 136 valence electrons. The van der Waals surface area contributed by atoms with Crippen molar-refractivity contribution in [2.24, 2.45) is 0 Å². The number of para-hydroxylation sites is 3. The third kappa shape index (κ3) is 2.93. The summed E-state index contributed by atoms with van der Waals surface area (Å²) >= 11 is 0.931. The summed E-state index contributed by atoms with van der Waals surface area (Å²) in [5, 5.41) is 12.0. The molecule has 0 bridgehead atoms. The predicted molar refractivity (Wildman–Crippen MR) is 101 cm³/mol. The fraction of sp³-hybridized carbons (Fsp3) is 0.105. The van der Waals surface area contributed by atoms with Gasteiger partial charge >= 0.3 is 0 Å². The summed E-state index contributed by atoms with van der Waals surface area (Å²) in [6.07, 6.45) is 0. The van der Waals surface area contributed by atoms with E-state index in [1.165, 1.54) is 11.7 Å². The lowest BCUT2D eigenvalue weighted by molar-refractivity contribution is -0.301. The average molecular weight is 380 g/mol. The van der Waals surface area contributed by atoms with E-state index in [0.717, 1.165) is 22.7 Å². The highest BCUT2D eigenvalue weighted by Gasteiger charge is 2.19. The van der Waals surface area contributed by atoms with Gasteiger partial charge in [0.1, 0.15) is 16.8 Å². The third-order valence-corrected chi connectivity index (χ3v) is 5.05. The third-order valence-electron chi connectivity index (χ3n) is 4.14. The summed E-state index contributed by atoms with van der Waals surface area (Å²) < 4.78 is 6.74. The van der Waals surface area contributed by atoms with Crippen LogP contribution in [-0.2, 0) is 4.79 Å². The van der Waals surface area contributed by atoms with Gasteiger partial charge in [-0.15, -0.1) is 0 Å². The molecule has 0 fully saturated rings. The predicted octanol–water partition coefficient (Wildman–Crippen LogP) is 1.72. The maximum absolute atomic E-state index is 13.3. The molecule has 1 N–H and O–H groups in total. The lowest BCUT2D eigenvalue weighted by Gasteiger charge is -2.15. The summed E-state index contributed by atoms with van der Waals surface area (Å²) in [4.78, 5) is 32.0. The van der Waals surface area contributed by atoms with Crippen LogP contribution in [0.4, 0.5) is 0 Å². The zero-order valence-electron chi connectivity index (χ0n) is 14.3. The highest BCUT2D eigenvalue weighted by atomic mass is 32.2. The van der Waals surface area contributed by atoms with Crippen molar-refractivity contribution in [1.82, 2.24) is 14.5 Å². The molecule has 7 nitrogen and oxygen atoms in total. The smallest absolute Gasteiger partial charge is 0.283 e. The van der Waals surface area contributed by atoms with Crippen molar-refractivity contribution in [3.63, 3.8) is 0 Å². The highest BCUT2D eigenvalue weighted by molar-refractivity contribution is 7.99. The minimum absolute atomic E-state index is 0.256. The minimum Gasteiger partial charge on any atom is -0.549 e. The van der Waals surface area contributed by atoms with Crippen molar-refractivity contribution in [1.29, 1.82) is 0 Å². The number of fused-ring (bicyclic) bond motifs is 3. The molecule has 0 unspecified atom stereocenters. The molecule has 8 heteroatoms. The molecule has 0 aliphatic carbocycles. The fourth-order valence-corrected chi connectivity index (χ4v) is 3.70. The molecule has 0 atom stereocenters. The summed E-state index contributed by atoms with van der Waals surface area (Å²) in [7, 11) is 1.51. The van der Waals surface area contributed by atoms with E-state index in [1.54, 1.807) is 24.3 Å². The molecule has 4 aromatic rings. The summed E-state index contributed by atoms with van der Waals surface area (Å²) in [5.41, 5.74) is 1.79. The summed E-state index contributed by atoms with van der Waals surface area (Å²) in [5.74, 6) is -1.08. The monoisotopic (exact) mass is 380 g/mol. The SMILES string of the molecule is COc1ccccc1-n1c(SCC(=O)[O-])nc2c([nH]c3ccccc32)c1=O. The van der Waals surface area contributed by atoms with Crippen LogP contribution in [0.5, 0.6) is 5.75 Å². The van der Waals surface area contributed by atoms with Gasteiger partial charge in [-0.25, -0.2) is 9.55 Å². The number of hydrogen-bond acceptors (Lipinski definition) is 6. The lowest BCUT2D eigenvalue weighted by Crippen LogP contribution is -2.26. The number of H-pyrrole nitrogens is 1. The van der Waals surface area contributed by atoms with E-state index in [2.05, 4.69) is 9.97 Å². The molecule has 0 aliphatic rings. The second-order valence-corrected chi connectivity index (χ2v) is 6.70. The van der Waals surface area contributed by atoms with Gasteiger partial charge < -0.3 is 19.6 Å². The van der Waals surface area contributed by atoms with Crippen molar-refractivity contribution in [3.8, 4) is 11.4 Å². The number of nitrogens with zero attached hydrogens (tertiary/aromatic N) is 2. The van der Waals surface area contributed by atoms with E-state index in [9.17, 15) is 14.7 Å². The van der Waals surface area contributed by atoms with E-state index < -0.39 is 5.97 Å². The molecule has 4 rings (SSSR count). The van der Waals surface area contributed by atoms with Crippen LogP contribution in [0.25, 0.3) is 27.6 Å². The number of nitrogens with one attached hydrogen (secondary N) is 1. The van der Waals surface area contributed by atoms with E-state index in [4.69, 9.17) is 4.74 Å². The van der Waals surface area contributed by atoms with Gasteiger partial charge in [0, 0.05) is 16.7 Å². The van der Waals surface area contributed by atoms with Crippen LogP contribution in [0, 0.1) is 0 Å². The van der Waals surface area contributed by atoms with Crippen LogP contribution in [0.15, 0.2) is 58.5 Å². The van der Waals surface area contributed by atoms with Gasteiger partial charge in [-0.2, -0.15) is 0 Å². The van der Waals surface area contributed by atoms with Gasteiger partial charge in [0.15, 0.2) is 5.16 Å². The number of carbonyl (C=O) groups excluding carboxylic acids is 1. The maximum Gasteiger partial charge on any atom is 0.283 e. The van der Waals surface area contributed by atoms with Gasteiger partial charge in [0.2, 0.25) is 0 Å². The first-order chi connectivity index (χ1) is 13.1. The topological polar surface area (TPSA) is 100 Å². The van der Waals surface area contributed by atoms with Crippen LogP contribution in [0.3, 0.4) is 0 Å². The van der Waals surface area contributed by atoms with Gasteiger partial charge in [-0.3, -0.25) is 4.79 Å². The van der Waals surface area contributed by atoms with E-state index >= 15 is 0 Å². The number of aromatic nitrogens is 3. The molecule has 27 heavy (non-hydrogen) atoms. The van der Waals surface area contributed by atoms with Crippen LogP contribution < -0.4 is 15.4 Å². The number of aliphatic carboxylic acids is 1. The first-order valence-electron chi connectivity index (χ1n) is 8.09. The number of ether oxygens (including phenoxy) is 1. The Labute approximate surface area is 157 Å². The first-order valence-corrected chi connectivity index (χ1v) is 9.08. The summed E-state index contributed by atoms with van der Waals surface area (Å²) in [6.45, 7) is 0. The second-order valence-electron chi connectivity index (χ2n) is 5.76. The van der Waals surface area contributed by atoms with Crippen molar-refractivity contribution in [2.45, 2.75) is 5.16 Å². The van der Waals surface area contributed by atoms with Crippen molar-refractivity contribution in [2.75, 3.05) is 12.9 Å². The van der Waals surface area contributed by atoms with Crippen LogP contribution in [0.1, 0.15) is 0 Å². The number of thioether (sulfide) groups is 1. The Balaban J connectivity index is 2.07. The Morgan fingerprint density at radius 1 is 1.22 bits per heavy atom. The summed E-state index contributed by atoms with van der Waals surface area (Å²) in [6, 6.07) is 14.4. The van der Waals surface area contributed by atoms with E-state index in [1.807, 2.05) is 24.3 Å². The van der Waals surface area contributed by atoms with E-state index in [-0.39, 0.29) is 16.5 Å². The second kappa shape index (κ2) is 6.81. The van der Waals surface area contributed by atoms with Gasteiger partial charge in [0.05, 0.1) is 18.8 Å². The zero-order valence-corrected chi connectivity index (χ0v) is 15.1. The number of benzene rings is 2. The molecule has 0 amide bonds. The van der Waals surface area contributed by atoms with Crippen molar-refractivity contribution in [3.05, 3.63) is 58.9 Å². The van der Waals surface area contributed by atoms with Crippen molar-refractivity contribution < 1.29 is 14.6 Å². The highest BCUT2D eigenvalue weighted by Crippen LogP contribution is 2.29. The van der Waals surface area contributed by atoms with Gasteiger partial charge in [0.25, 0.3) is 5.56 Å². The molecular weight excluding hydrogens is 366 g/mol. The molecule has 0 saturated heterocycles. The Kier molecular flexibility index (Phi) is 4.33. The van der Waals surface area contributed by atoms with Gasteiger partial charge in [-0.05, 0) is 18.2 Å². The van der Waals surface area contributed by atoms with Crippen LogP contribution in [-0.4, -0.2) is 33.4 Å². The Morgan fingerprint density at radius 3 is 2.74 bits per heavy atom. The molecule has 0 radical (unpaired) electrons. The Morgan fingerprint density at radius 2 is 1.96 bits per heavy atom. The number of carboxylic acids is 1. The molecule has 0 spiro atoms. The standard InChI is InChI=1S/C19H15N3O4S/c1-26-14-9-5-4-8-13(14)22-18(25)17-16(21-19(22)27-10-15(23)24)11-6-2-3-7-12(11)20-17/h2-9,20H,10H2,1H3,(H,23,24)/p-1. The molecular formula is C19H14N3O4S-. The Hall–Kier alpha value is -3.26.